The minimum atomic E-state index is -0.550. The molecule has 2 spiro atoms. The zero-order valence-electron chi connectivity index (χ0n) is 45.7. The van der Waals surface area contributed by atoms with Crippen LogP contribution in [0.5, 0.6) is 5.88 Å². The molecular formula is C57H70N16O4. The summed E-state index contributed by atoms with van der Waals surface area (Å²) >= 11 is 0. The summed E-state index contributed by atoms with van der Waals surface area (Å²) < 4.78 is 11.1. The summed E-state index contributed by atoms with van der Waals surface area (Å²) in [6, 6.07) is 15.0. The van der Waals surface area contributed by atoms with Crippen molar-refractivity contribution in [2.45, 2.75) is 128 Å². The van der Waals surface area contributed by atoms with Crippen molar-refractivity contribution in [3.63, 3.8) is 0 Å². The summed E-state index contributed by atoms with van der Waals surface area (Å²) in [5.41, 5.74) is 3.12. The molecule has 0 radical (unpaired) electrons. The van der Waals surface area contributed by atoms with Gasteiger partial charge in [-0.05, 0) is 83.4 Å². The number of carbonyl (C=O) groups excluding carboxylic acids is 2. The lowest BCUT2D eigenvalue weighted by molar-refractivity contribution is -0.157. The maximum atomic E-state index is 13.4. The number of piperazine rings is 2. The molecule has 7 fully saturated rings. The maximum Gasteiger partial charge on any atom is 0.272 e. The van der Waals surface area contributed by atoms with E-state index in [2.05, 4.69) is 65.5 Å². The number of hydrogen-bond acceptors (Lipinski definition) is 18. The highest BCUT2D eigenvalue weighted by molar-refractivity contribution is 5.93. The number of methoxy groups -OCH3 is 1. The molecule has 4 saturated heterocycles. The molecule has 20 nitrogen and oxygen atoms in total. The zero-order chi connectivity index (χ0) is 54.2. The van der Waals surface area contributed by atoms with Gasteiger partial charge in [-0.3, -0.25) is 9.59 Å². The third-order valence-corrected chi connectivity index (χ3v) is 16.8. The van der Waals surface area contributed by atoms with Crippen LogP contribution < -0.4 is 24.3 Å². The molecule has 14 rings (SSSR count). The van der Waals surface area contributed by atoms with Gasteiger partial charge in [-0.25, -0.2) is 39.9 Å². The van der Waals surface area contributed by atoms with Crippen molar-refractivity contribution in [2.24, 2.45) is 5.92 Å². The minimum Gasteiger partial charge on any atom is -0.481 e. The quantitative estimate of drug-likeness (QED) is 0.155. The molecule has 2 bridgehead atoms. The van der Waals surface area contributed by atoms with E-state index in [4.69, 9.17) is 29.4 Å². The van der Waals surface area contributed by atoms with E-state index < -0.39 is 5.60 Å². The van der Waals surface area contributed by atoms with Crippen LogP contribution in [0.3, 0.4) is 0 Å². The molecule has 20 heteroatoms. The third-order valence-electron chi connectivity index (χ3n) is 16.8. The molecule has 6 aliphatic heterocycles. The molecule has 11 heterocycles. The van der Waals surface area contributed by atoms with E-state index in [1.165, 1.54) is 24.0 Å². The average Bonchev–Trinajstić information content (AvgIpc) is 4.32. The molecule has 9 aliphatic rings. The first-order valence-corrected chi connectivity index (χ1v) is 27.6. The molecule has 2 atom stereocenters. The van der Waals surface area contributed by atoms with Crippen molar-refractivity contribution in [1.29, 1.82) is 10.5 Å². The smallest absolute Gasteiger partial charge is 0.272 e. The Labute approximate surface area is 451 Å². The first-order chi connectivity index (χ1) is 37.4. The van der Waals surface area contributed by atoms with Gasteiger partial charge >= 0.3 is 0 Å². The van der Waals surface area contributed by atoms with Crippen LogP contribution in [0.25, 0.3) is 0 Å². The lowest BCUT2D eigenvalue weighted by Crippen LogP contribution is -2.61. The van der Waals surface area contributed by atoms with E-state index in [1.807, 2.05) is 50.5 Å². The van der Waals surface area contributed by atoms with Crippen molar-refractivity contribution in [3.8, 4) is 18.0 Å². The number of nitriles is 2. The number of aryl methyl sites for hydroxylation is 1. The highest BCUT2D eigenvalue weighted by atomic mass is 16.5. The van der Waals surface area contributed by atoms with Crippen LogP contribution in [-0.2, 0) is 20.4 Å². The molecule has 77 heavy (non-hydrogen) atoms. The van der Waals surface area contributed by atoms with Crippen LogP contribution in [0.4, 0.5) is 34.9 Å². The molecule has 5 aromatic rings. The average molecular weight is 1040 g/mol. The molecule has 0 aromatic carbocycles. The number of amides is 2. The number of anilines is 6. The maximum absolute atomic E-state index is 13.4. The molecule has 402 valence electrons. The highest BCUT2D eigenvalue weighted by Crippen LogP contribution is 2.58. The van der Waals surface area contributed by atoms with Gasteiger partial charge in [0.15, 0.2) is 0 Å². The van der Waals surface area contributed by atoms with Gasteiger partial charge in [-0.2, -0.15) is 10.5 Å². The normalized spacial score (nSPS) is 23.5. The fourth-order valence-electron chi connectivity index (χ4n) is 12.9. The Balaban J connectivity index is 0.000000164. The summed E-state index contributed by atoms with van der Waals surface area (Å²) in [4.78, 5) is 76.2. The van der Waals surface area contributed by atoms with Crippen LogP contribution in [0.2, 0.25) is 0 Å². The van der Waals surface area contributed by atoms with Gasteiger partial charge in [0.05, 0.1) is 25.3 Å². The number of rotatable bonds is 7. The fraction of sp³-hybridized carbons (Fsp3) is 0.544. The Hall–Kier alpha value is -7.58. The number of carbonyl (C=O) groups is 2. The summed E-state index contributed by atoms with van der Waals surface area (Å²) in [6.45, 7) is 20.3. The number of fused-ring (bicyclic) bond motifs is 5. The van der Waals surface area contributed by atoms with Gasteiger partial charge in [0.1, 0.15) is 76.4 Å². The van der Waals surface area contributed by atoms with Crippen LogP contribution in [0, 0.1) is 35.5 Å². The van der Waals surface area contributed by atoms with Crippen LogP contribution >= 0.6 is 0 Å². The molecule has 2 unspecified atom stereocenters. The predicted molar refractivity (Wildman–Crippen MR) is 291 cm³/mol. The summed E-state index contributed by atoms with van der Waals surface area (Å²) in [6.07, 6.45) is 13.4. The van der Waals surface area contributed by atoms with E-state index in [0.717, 1.165) is 100 Å². The molecule has 5 aromatic heterocycles. The first kappa shape index (κ1) is 52.8. The lowest BCUT2D eigenvalue weighted by atomic mass is 9.66. The number of hydrogen-bond donors (Lipinski definition) is 0. The van der Waals surface area contributed by atoms with Crippen molar-refractivity contribution in [1.82, 2.24) is 49.7 Å². The minimum absolute atomic E-state index is 0.00856. The fourth-order valence-corrected chi connectivity index (χ4v) is 12.9. The topological polar surface area (TPSA) is 223 Å². The van der Waals surface area contributed by atoms with E-state index in [1.54, 1.807) is 56.3 Å². The molecule has 3 saturated carbocycles. The molecule has 2 amide bonds. The van der Waals surface area contributed by atoms with E-state index in [-0.39, 0.29) is 34.7 Å². The second-order valence-electron chi connectivity index (χ2n) is 21.2. The van der Waals surface area contributed by atoms with Gasteiger partial charge in [0.2, 0.25) is 5.88 Å². The van der Waals surface area contributed by atoms with E-state index in [9.17, 15) is 20.1 Å². The summed E-state index contributed by atoms with van der Waals surface area (Å²) in [5.74, 6) is 6.79. The monoisotopic (exact) mass is 1040 g/mol. The van der Waals surface area contributed by atoms with Crippen LogP contribution in [0.1, 0.15) is 132 Å². The Morgan fingerprint density at radius 1 is 0.701 bits per heavy atom. The Morgan fingerprint density at radius 3 is 1.81 bits per heavy atom. The predicted octanol–water partition coefficient (Wildman–Crippen LogP) is 7.36. The molecular weight excluding hydrogens is 973 g/mol. The summed E-state index contributed by atoms with van der Waals surface area (Å²) in [5, 5.41) is 18.8. The van der Waals surface area contributed by atoms with E-state index >= 15 is 0 Å². The van der Waals surface area contributed by atoms with E-state index in [0.29, 0.717) is 66.6 Å². The standard InChI is InChI=1S/C27H28N8O2.C26H30N8O2.2C2H6/c1-18-15-33(11-12-34(18)26(36)20-5-3-6-22(32-20)37-2)24-23-25(31-17-30-24)35(16-27(23)8-4-9-27)21-13-19(14-28)7-10-29-21;1-16-12-32(6-7-33(16)24(35)26-9-18(10-26)13-36-26)22-21-23(29-15-28-22)34(14-25(21)4-3-5-25)20-8-19(11-27)30-17(2)31-20;2*1-2/h3,5-7,10,13,17-18H,4,8-9,11-12,15-16H2,1-2H3;8,15-16,18H,3-7,9-10,12-14H2,1-2H3;2*1-2H3. The number of pyridine rings is 2. The Morgan fingerprint density at radius 2 is 1.29 bits per heavy atom. The molecule has 0 N–H and O–H groups in total. The van der Waals surface area contributed by atoms with Crippen molar-refractivity contribution in [2.75, 3.05) is 85.7 Å². The Bertz CT molecular complexity index is 3100. The highest BCUT2D eigenvalue weighted by Gasteiger charge is 2.59. The van der Waals surface area contributed by atoms with Gasteiger partial charge in [-0.15, -0.1) is 0 Å². The van der Waals surface area contributed by atoms with Gasteiger partial charge in [0, 0.05) is 105 Å². The second kappa shape index (κ2) is 21.4. The Kier molecular flexibility index (Phi) is 14.7. The van der Waals surface area contributed by atoms with Gasteiger partial charge in [-0.1, -0.05) is 46.6 Å². The van der Waals surface area contributed by atoms with Crippen molar-refractivity contribution >= 4 is 46.7 Å². The zero-order valence-corrected chi connectivity index (χ0v) is 45.7. The lowest BCUT2D eigenvalue weighted by Gasteiger charge is -2.46. The van der Waals surface area contributed by atoms with Crippen molar-refractivity contribution in [3.05, 3.63) is 89.2 Å². The largest absolute Gasteiger partial charge is 0.481 e. The van der Waals surface area contributed by atoms with Gasteiger partial charge < -0.3 is 38.9 Å². The number of nitrogens with zero attached hydrogens (tertiary/aromatic N) is 16. The van der Waals surface area contributed by atoms with Gasteiger partial charge in [0.25, 0.3) is 11.8 Å². The SMILES string of the molecule is CC.CC.COc1cccc(C(=O)N2CCN(c3ncnc4c3C3(CCC3)CN4c3cc(C#N)ccn3)CC2C)n1.Cc1nc(C#N)cc(N2CC3(CCC3)c3c(N4CCN(C(=O)C56CC(CO5)C6)C(C)C4)ncnc32)n1. The number of aromatic nitrogens is 8. The third kappa shape index (κ3) is 9.27. The van der Waals surface area contributed by atoms with Crippen molar-refractivity contribution < 1.29 is 19.1 Å². The second-order valence-corrected chi connectivity index (χ2v) is 21.2. The summed E-state index contributed by atoms with van der Waals surface area (Å²) in [7, 11) is 1.55. The first-order valence-electron chi connectivity index (χ1n) is 27.6. The number of ether oxygens (including phenoxy) is 2. The molecule has 3 aliphatic carbocycles. The van der Waals surface area contributed by atoms with Crippen LogP contribution in [0.15, 0.2) is 55.2 Å². The van der Waals surface area contributed by atoms with Crippen LogP contribution in [-0.4, -0.2) is 145 Å².